The lowest BCUT2D eigenvalue weighted by molar-refractivity contribution is -0.253. The number of piperazine rings is 1. The van der Waals surface area contributed by atoms with Gasteiger partial charge >= 0.3 is 11.9 Å². The molecular weight excluding hydrogens is 416 g/mol. The monoisotopic (exact) mass is 440 g/mol. The minimum Gasteiger partial charge on any atom is -0.422 e. The van der Waals surface area contributed by atoms with Gasteiger partial charge in [0, 0.05) is 57.2 Å². The van der Waals surface area contributed by atoms with Crippen molar-refractivity contribution in [1.29, 1.82) is 0 Å². The molecule has 0 radical (unpaired) electrons. The van der Waals surface area contributed by atoms with E-state index >= 15 is 0 Å². The van der Waals surface area contributed by atoms with Gasteiger partial charge in [-0.1, -0.05) is 48.0 Å². The standard InChI is InChI=1S/C24H25ClN2O4/c1-23(2)30-21(28)24(22(29)31-23)13-17-8-9-18(25)12-19(17)27-11-10-26(15-20(24)27)14-16-6-4-3-5-7-16/h3-9,12,20H,10-11,13-15H2,1-2H3. The van der Waals surface area contributed by atoms with Crippen LogP contribution in [0.1, 0.15) is 25.0 Å². The van der Waals surface area contributed by atoms with Crippen LogP contribution >= 0.6 is 11.6 Å². The molecular formula is C24H25ClN2O4. The first-order chi connectivity index (χ1) is 14.8. The van der Waals surface area contributed by atoms with Crippen molar-refractivity contribution in [2.45, 2.75) is 38.6 Å². The van der Waals surface area contributed by atoms with E-state index in [1.54, 1.807) is 19.9 Å². The van der Waals surface area contributed by atoms with Gasteiger partial charge in [0.1, 0.15) is 0 Å². The van der Waals surface area contributed by atoms with Crippen molar-refractivity contribution in [3.63, 3.8) is 0 Å². The number of cyclic esters (lactones) is 2. The van der Waals surface area contributed by atoms with Crippen LogP contribution in [0.25, 0.3) is 0 Å². The van der Waals surface area contributed by atoms with Gasteiger partial charge in [-0.25, -0.2) is 0 Å². The maximum absolute atomic E-state index is 13.4. The second kappa shape index (κ2) is 7.24. The van der Waals surface area contributed by atoms with E-state index in [9.17, 15) is 9.59 Å². The molecule has 1 atom stereocenters. The van der Waals surface area contributed by atoms with Crippen LogP contribution in [0.5, 0.6) is 0 Å². The number of rotatable bonds is 2. The number of fused-ring (bicyclic) bond motifs is 4. The molecule has 2 fully saturated rings. The number of anilines is 1. The third kappa shape index (κ3) is 3.38. The Morgan fingerprint density at radius 3 is 2.45 bits per heavy atom. The number of hydrogen-bond donors (Lipinski definition) is 0. The van der Waals surface area contributed by atoms with E-state index in [1.165, 1.54) is 5.56 Å². The maximum Gasteiger partial charge on any atom is 0.329 e. The molecule has 0 aromatic heterocycles. The molecule has 0 bridgehead atoms. The van der Waals surface area contributed by atoms with Crippen molar-refractivity contribution >= 4 is 29.2 Å². The Balaban J connectivity index is 1.55. The fourth-order valence-electron chi connectivity index (χ4n) is 5.06. The van der Waals surface area contributed by atoms with Gasteiger partial charge in [-0.15, -0.1) is 0 Å². The molecule has 0 saturated carbocycles. The van der Waals surface area contributed by atoms with Gasteiger partial charge in [-0.05, 0) is 23.3 Å². The molecule has 31 heavy (non-hydrogen) atoms. The summed E-state index contributed by atoms with van der Waals surface area (Å²) in [5.74, 6) is -2.28. The summed E-state index contributed by atoms with van der Waals surface area (Å²) in [5, 5.41) is 0.634. The Morgan fingerprint density at radius 2 is 1.74 bits per heavy atom. The van der Waals surface area contributed by atoms with Gasteiger partial charge < -0.3 is 14.4 Å². The van der Waals surface area contributed by atoms with Gasteiger partial charge in [0.05, 0.1) is 6.04 Å². The fraction of sp³-hybridized carbons (Fsp3) is 0.417. The van der Waals surface area contributed by atoms with E-state index in [2.05, 4.69) is 21.9 Å². The van der Waals surface area contributed by atoms with Gasteiger partial charge in [0.25, 0.3) is 5.79 Å². The third-order valence-corrected chi connectivity index (χ3v) is 6.75. The Labute approximate surface area is 186 Å². The number of ether oxygens (including phenoxy) is 2. The normalized spacial score (nSPS) is 24.2. The first kappa shape index (κ1) is 20.3. The number of esters is 2. The van der Waals surface area contributed by atoms with Crippen LogP contribution in [0.2, 0.25) is 5.02 Å². The summed E-state index contributed by atoms with van der Waals surface area (Å²) in [6, 6.07) is 15.4. The summed E-state index contributed by atoms with van der Waals surface area (Å²) in [6.45, 7) is 5.96. The van der Waals surface area contributed by atoms with Crippen molar-refractivity contribution in [2.24, 2.45) is 5.41 Å². The maximum atomic E-state index is 13.4. The minimum atomic E-state index is -1.40. The van der Waals surface area contributed by atoms with Gasteiger partial charge in [-0.2, -0.15) is 0 Å². The van der Waals surface area contributed by atoms with Crippen molar-refractivity contribution in [2.75, 3.05) is 24.5 Å². The molecule has 6 nitrogen and oxygen atoms in total. The Bertz CT molecular complexity index is 1020. The molecule has 3 aliphatic rings. The first-order valence-electron chi connectivity index (χ1n) is 10.6. The molecule has 5 rings (SSSR count). The minimum absolute atomic E-state index is 0.244. The predicted molar refractivity (Wildman–Crippen MR) is 117 cm³/mol. The van der Waals surface area contributed by atoms with E-state index in [0.29, 0.717) is 18.1 Å². The predicted octanol–water partition coefficient (Wildman–Crippen LogP) is 3.41. The van der Waals surface area contributed by atoms with Crippen LogP contribution in [0.4, 0.5) is 5.69 Å². The SMILES string of the molecule is CC1(C)OC(=O)C2(Cc3ccc(Cl)cc3N3CCN(Cc4ccccc4)CC32)C(=O)O1. The highest BCUT2D eigenvalue weighted by Crippen LogP contribution is 2.48. The van der Waals surface area contributed by atoms with Crippen LogP contribution in [0.3, 0.4) is 0 Å². The summed E-state index contributed by atoms with van der Waals surface area (Å²) in [6.07, 6.45) is 0.244. The largest absolute Gasteiger partial charge is 0.422 e. The quantitative estimate of drug-likeness (QED) is 0.527. The molecule has 2 saturated heterocycles. The Morgan fingerprint density at radius 1 is 1.03 bits per heavy atom. The van der Waals surface area contributed by atoms with Gasteiger partial charge in [0.2, 0.25) is 0 Å². The highest BCUT2D eigenvalue weighted by Gasteiger charge is 2.64. The molecule has 1 spiro atoms. The zero-order valence-electron chi connectivity index (χ0n) is 17.6. The zero-order chi connectivity index (χ0) is 21.8. The molecule has 7 heteroatoms. The zero-order valence-corrected chi connectivity index (χ0v) is 18.4. The second-order valence-electron chi connectivity index (χ2n) is 9.03. The fourth-order valence-corrected chi connectivity index (χ4v) is 5.22. The Hall–Kier alpha value is -2.57. The summed E-state index contributed by atoms with van der Waals surface area (Å²) >= 11 is 6.30. The summed E-state index contributed by atoms with van der Waals surface area (Å²) in [4.78, 5) is 31.2. The molecule has 0 amide bonds. The molecule has 3 aliphatic heterocycles. The van der Waals surface area contributed by atoms with Crippen molar-refractivity contribution < 1.29 is 19.1 Å². The molecule has 2 aromatic carbocycles. The highest BCUT2D eigenvalue weighted by atomic mass is 35.5. The van der Waals surface area contributed by atoms with E-state index in [-0.39, 0.29) is 6.42 Å². The third-order valence-electron chi connectivity index (χ3n) is 6.51. The summed E-state index contributed by atoms with van der Waals surface area (Å²) in [5.41, 5.74) is 1.68. The molecule has 0 aliphatic carbocycles. The van der Waals surface area contributed by atoms with Crippen LogP contribution in [-0.2, 0) is 32.0 Å². The van der Waals surface area contributed by atoms with Crippen LogP contribution in [0.15, 0.2) is 48.5 Å². The lowest BCUT2D eigenvalue weighted by atomic mass is 9.69. The number of carbonyl (C=O) groups excluding carboxylic acids is 2. The van der Waals surface area contributed by atoms with Gasteiger partial charge in [0.15, 0.2) is 5.41 Å². The highest BCUT2D eigenvalue weighted by molar-refractivity contribution is 6.30. The van der Waals surface area contributed by atoms with Crippen molar-refractivity contribution in [1.82, 2.24) is 4.90 Å². The number of nitrogens with zero attached hydrogens (tertiary/aromatic N) is 2. The van der Waals surface area contributed by atoms with E-state index < -0.39 is 29.2 Å². The lowest BCUT2D eigenvalue weighted by Crippen LogP contribution is -2.70. The van der Waals surface area contributed by atoms with Crippen LogP contribution in [0, 0.1) is 5.41 Å². The number of benzene rings is 2. The number of hydrogen-bond acceptors (Lipinski definition) is 6. The van der Waals surface area contributed by atoms with Crippen molar-refractivity contribution in [3.05, 3.63) is 64.7 Å². The van der Waals surface area contributed by atoms with E-state index in [4.69, 9.17) is 21.1 Å². The first-order valence-corrected chi connectivity index (χ1v) is 10.9. The van der Waals surface area contributed by atoms with Crippen LogP contribution < -0.4 is 4.90 Å². The van der Waals surface area contributed by atoms with Crippen molar-refractivity contribution in [3.8, 4) is 0 Å². The summed E-state index contributed by atoms with van der Waals surface area (Å²) in [7, 11) is 0. The van der Waals surface area contributed by atoms with E-state index in [0.717, 1.165) is 24.3 Å². The number of halogens is 1. The summed E-state index contributed by atoms with van der Waals surface area (Å²) < 4.78 is 11.3. The van der Waals surface area contributed by atoms with Gasteiger partial charge in [-0.3, -0.25) is 14.5 Å². The molecule has 3 heterocycles. The smallest absolute Gasteiger partial charge is 0.329 e. The lowest BCUT2D eigenvalue weighted by Gasteiger charge is -2.54. The molecule has 1 unspecified atom stereocenters. The average molecular weight is 441 g/mol. The van der Waals surface area contributed by atoms with E-state index in [1.807, 2.05) is 30.3 Å². The molecule has 162 valence electrons. The Kier molecular flexibility index (Phi) is 4.75. The number of carbonyl (C=O) groups is 2. The second-order valence-corrected chi connectivity index (χ2v) is 9.47. The average Bonchev–Trinajstić information content (AvgIpc) is 2.72. The topological polar surface area (TPSA) is 59.1 Å². The van der Waals surface area contributed by atoms with Crippen LogP contribution in [-0.4, -0.2) is 48.3 Å². The molecule has 0 N–H and O–H groups in total. The molecule has 2 aromatic rings.